The number of carboxylic acid groups (broad SMARTS) is 1. The highest BCUT2D eigenvalue weighted by Crippen LogP contribution is 2.19. The van der Waals surface area contributed by atoms with Gasteiger partial charge in [-0.1, -0.05) is 38.5 Å². The van der Waals surface area contributed by atoms with Gasteiger partial charge in [0.25, 0.3) is 0 Å². The Morgan fingerprint density at radius 3 is 2.31 bits per heavy atom. The highest BCUT2D eigenvalue weighted by Gasteiger charge is 2.30. The first-order chi connectivity index (χ1) is 17.1. The molecule has 0 radical (unpaired) electrons. The van der Waals surface area contributed by atoms with Crippen LogP contribution in [0.5, 0.6) is 0 Å². The van der Waals surface area contributed by atoms with Crippen molar-refractivity contribution in [3.8, 4) is 0 Å². The molecule has 3 amide bonds. The van der Waals surface area contributed by atoms with Gasteiger partial charge in [-0.25, -0.2) is 0 Å². The number of rotatable bonds is 14. The van der Waals surface area contributed by atoms with Crippen LogP contribution in [0.3, 0.4) is 0 Å². The van der Waals surface area contributed by atoms with Gasteiger partial charge in [-0.3, -0.25) is 19.2 Å². The van der Waals surface area contributed by atoms with E-state index in [-0.39, 0.29) is 12.3 Å². The molecule has 198 valence electrons. The lowest BCUT2D eigenvalue weighted by Gasteiger charge is -2.25. The number of hydrogen-bond donors (Lipinski definition) is 6. The molecule has 0 bridgehead atoms. The second kappa shape index (κ2) is 13.9. The number of aromatic nitrogens is 1. The second-order valence-electron chi connectivity index (χ2n) is 8.95. The summed E-state index contributed by atoms with van der Waals surface area (Å²) in [6, 6.07) is 3.76. The summed E-state index contributed by atoms with van der Waals surface area (Å²) < 4.78 is 0. The fraction of sp³-hybridized carbons (Fsp3) is 0.520. The van der Waals surface area contributed by atoms with E-state index in [2.05, 4.69) is 20.9 Å². The van der Waals surface area contributed by atoms with Crippen LogP contribution in [0.4, 0.5) is 0 Å². The third-order valence-corrected chi connectivity index (χ3v) is 6.91. The average molecular weight is 520 g/mol. The second-order valence-corrected chi connectivity index (χ2v) is 9.93. The van der Waals surface area contributed by atoms with E-state index in [0.717, 1.165) is 16.5 Å². The van der Waals surface area contributed by atoms with Gasteiger partial charge in [0.15, 0.2) is 0 Å². The number of nitrogens with two attached hydrogens (primary N) is 1. The molecular formula is C25H37N5O5S. The van der Waals surface area contributed by atoms with E-state index in [4.69, 9.17) is 10.8 Å². The zero-order valence-corrected chi connectivity index (χ0v) is 22.0. The lowest BCUT2D eigenvalue weighted by Crippen LogP contribution is -2.58. The Kier molecular flexibility index (Phi) is 11.3. The van der Waals surface area contributed by atoms with Gasteiger partial charge in [0.2, 0.25) is 17.7 Å². The molecule has 10 nitrogen and oxygen atoms in total. The standard InChI is InChI=1S/C25H37N5O5S/c1-5-14(2)21(26)24(33)30-20(12-16-13-27-18-9-7-6-8-17(16)18)23(32)29-19(10-11-36-4)22(31)28-15(3)25(34)35/h6-9,13-15,19-21,27H,5,10-12,26H2,1-4H3,(H,28,31)(H,29,32)(H,30,33)(H,34,35). The van der Waals surface area contributed by atoms with Crippen molar-refractivity contribution in [2.24, 2.45) is 11.7 Å². The van der Waals surface area contributed by atoms with Crippen LogP contribution in [0.25, 0.3) is 10.9 Å². The highest BCUT2D eigenvalue weighted by molar-refractivity contribution is 7.98. The molecule has 2 aromatic rings. The minimum atomic E-state index is -1.18. The Bertz CT molecular complexity index is 1060. The summed E-state index contributed by atoms with van der Waals surface area (Å²) in [4.78, 5) is 53.4. The number of aromatic amines is 1. The molecule has 11 heteroatoms. The van der Waals surface area contributed by atoms with Crippen LogP contribution in [0, 0.1) is 5.92 Å². The number of carbonyl (C=O) groups excluding carboxylic acids is 3. The minimum Gasteiger partial charge on any atom is -0.480 e. The van der Waals surface area contributed by atoms with Crippen LogP contribution in [-0.2, 0) is 25.6 Å². The van der Waals surface area contributed by atoms with Crippen molar-refractivity contribution in [3.05, 3.63) is 36.0 Å². The molecule has 0 aliphatic carbocycles. The monoisotopic (exact) mass is 519 g/mol. The number of carbonyl (C=O) groups is 4. The summed E-state index contributed by atoms with van der Waals surface area (Å²) in [5, 5.41) is 18.0. The largest absolute Gasteiger partial charge is 0.480 e. The van der Waals surface area contributed by atoms with Crippen molar-refractivity contribution < 1.29 is 24.3 Å². The molecule has 5 atom stereocenters. The molecule has 1 aromatic carbocycles. The van der Waals surface area contributed by atoms with Crippen molar-refractivity contribution in [2.45, 2.75) is 64.2 Å². The van der Waals surface area contributed by atoms with E-state index in [1.165, 1.54) is 18.7 Å². The molecule has 0 aliphatic rings. The predicted octanol–water partition coefficient (Wildman–Crippen LogP) is 1.40. The van der Waals surface area contributed by atoms with Crippen molar-refractivity contribution in [2.75, 3.05) is 12.0 Å². The van der Waals surface area contributed by atoms with Gasteiger partial charge in [0, 0.05) is 23.5 Å². The molecule has 0 aliphatic heterocycles. The molecule has 36 heavy (non-hydrogen) atoms. The average Bonchev–Trinajstić information content (AvgIpc) is 3.27. The molecule has 5 unspecified atom stereocenters. The van der Waals surface area contributed by atoms with E-state index >= 15 is 0 Å². The summed E-state index contributed by atoms with van der Waals surface area (Å²) in [5.41, 5.74) is 7.83. The first kappa shape index (κ1) is 29.2. The van der Waals surface area contributed by atoms with Gasteiger partial charge in [0.05, 0.1) is 6.04 Å². The van der Waals surface area contributed by atoms with Gasteiger partial charge in [-0.2, -0.15) is 11.8 Å². The molecule has 0 saturated carbocycles. The molecule has 0 spiro atoms. The Balaban J connectivity index is 2.28. The Morgan fingerprint density at radius 1 is 1.03 bits per heavy atom. The van der Waals surface area contributed by atoms with Crippen molar-refractivity contribution in [1.29, 1.82) is 0 Å². The lowest BCUT2D eigenvalue weighted by molar-refractivity contribution is -0.141. The van der Waals surface area contributed by atoms with Gasteiger partial charge in [0.1, 0.15) is 18.1 Å². The molecule has 1 heterocycles. The molecule has 0 saturated heterocycles. The van der Waals surface area contributed by atoms with Crippen LogP contribution < -0.4 is 21.7 Å². The first-order valence-electron chi connectivity index (χ1n) is 12.0. The van der Waals surface area contributed by atoms with Gasteiger partial charge < -0.3 is 31.8 Å². The fourth-order valence-electron chi connectivity index (χ4n) is 3.66. The van der Waals surface area contributed by atoms with Crippen LogP contribution in [-0.4, -0.2) is 70.0 Å². The maximum atomic E-state index is 13.4. The number of carboxylic acids is 1. The Labute approximate surface area is 215 Å². The molecule has 0 fully saturated rings. The van der Waals surface area contributed by atoms with Gasteiger partial charge >= 0.3 is 5.97 Å². The number of amides is 3. The van der Waals surface area contributed by atoms with Crippen molar-refractivity contribution >= 4 is 46.4 Å². The molecule has 1 aromatic heterocycles. The minimum absolute atomic E-state index is 0.0839. The summed E-state index contributed by atoms with van der Waals surface area (Å²) in [6.45, 7) is 5.15. The van der Waals surface area contributed by atoms with Crippen LogP contribution >= 0.6 is 11.8 Å². The Morgan fingerprint density at radius 2 is 1.67 bits per heavy atom. The van der Waals surface area contributed by atoms with E-state index in [1.807, 2.05) is 44.4 Å². The summed E-state index contributed by atoms with van der Waals surface area (Å²) >= 11 is 1.50. The van der Waals surface area contributed by atoms with E-state index < -0.39 is 47.9 Å². The number of para-hydroxylation sites is 1. The lowest BCUT2D eigenvalue weighted by atomic mass is 9.98. The predicted molar refractivity (Wildman–Crippen MR) is 142 cm³/mol. The topological polar surface area (TPSA) is 166 Å². The van der Waals surface area contributed by atoms with Crippen molar-refractivity contribution in [1.82, 2.24) is 20.9 Å². The maximum absolute atomic E-state index is 13.4. The van der Waals surface area contributed by atoms with E-state index in [0.29, 0.717) is 18.6 Å². The van der Waals surface area contributed by atoms with E-state index in [1.54, 1.807) is 6.20 Å². The number of fused-ring (bicyclic) bond motifs is 1. The number of thioether (sulfide) groups is 1. The third kappa shape index (κ3) is 7.99. The zero-order valence-electron chi connectivity index (χ0n) is 21.2. The first-order valence-corrected chi connectivity index (χ1v) is 13.4. The van der Waals surface area contributed by atoms with Gasteiger partial charge in [-0.15, -0.1) is 0 Å². The van der Waals surface area contributed by atoms with Crippen LogP contribution in [0.1, 0.15) is 39.2 Å². The fourth-order valence-corrected chi connectivity index (χ4v) is 4.13. The molecule has 7 N–H and O–H groups in total. The zero-order chi connectivity index (χ0) is 26.8. The van der Waals surface area contributed by atoms with Crippen LogP contribution in [0.15, 0.2) is 30.5 Å². The Hall–Kier alpha value is -3.05. The third-order valence-electron chi connectivity index (χ3n) is 6.26. The maximum Gasteiger partial charge on any atom is 0.325 e. The molecular weight excluding hydrogens is 482 g/mol. The number of nitrogens with one attached hydrogen (secondary N) is 4. The van der Waals surface area contributed by atoms with E-state index in [9.17, 15) is 19.2 Å². The summed E-state index contributed by atoms with van der Waals surface area (Å²) in [7, 11) is 0. The number of H-pyrrole nitrogens is 1. The number of benzene rings is 1. The van der Waals surface area contributed by atoms with Gasteiger partial charge in [-0.05, 0) is 42.9 Å². The van der Waals surface area contributed by atoms with Crippen molar-refractivity contribution in [3.63, 3.8) is 0 Å². The molecule has 2 rings (SSSR count). The number of hydrogen-bond acceptors (Lipinski definition) is 6. The quantitative estimate of drug-likeness (QED) is 0.219. The van der Waals surface area contributed by atoms with Crippen LogP contribution in [0.2, 0.25) is 0 Å². The normalized spacial score (nSPS) is 15.4. The summed E-state index contributed by atoms with van der Waals surface area (Å²) in [6.07, 6.45) is 4.83. The summed E-state index contributed by atoms with van der Waals surface area (Å²) in [5.74, 6) is -2.29. The smallest absolute Gasteiger partial charge is 0.325 e. The SMILES string of the molecule is CCC(C)C(N)C(=O)NC(Cc1c[nH]c2ccccc12)C(=O)NC(CCSC)C(=O)NC(C)C(=O)O. The number of aliphatic carboxylic acids is 1. The highest BCUT2D eigenvalue weighted by atomic mass is 32.2.